The Kier molecular flexibility index (Phi) is 6.04. The van der Waals surface area contributed by atoms with Gasteiger partial charge in [0.25, 0.3) is 0 Å². The van der Waals surface area contributed by atoms with Crippen molar-refractivity contribution in [2.24, 2.45) is 0 Å². The van der Waals surface area contributed by atoms with E-state index < -0.39 is 5.67 Å². The molecule has 0 saturated carbocycles. The molecule has 1 rings (SSSR count). The maximum atomic E-state index is 13.2. The van der Waals surface area contributed by atoms with E-state index in [-0.39, 0.29) is 0 Å². The maximum Gasteiger partial charge on any atom is 0.126 e. The zero-order chi connectivity index (χ0) is 9.45. The Labute approximate surface area is 75.9 Å². The molecule has 0 fully saturated rings. The lowest BCUT2D eigenvalue weighted by Crippen LogP contribution is -2.14. The SMILES string of the molecule is CC.CC1(F)/C=C\CCCCC1. The van der Waals surface area contributed by atoms with Crippen LogP contribution in [0, 0.1) is 0 Å². The van der Waals surface area contributed by atoms with Gasteiger partial charge in [-0.2, -0.15) is 0 Å². The van der Waals surface area contributed by atoms with E-state index in [9.17, 15) is 4.39 Å². The molecule has 0 radical (unpaired) electrons. The second-order valence-electron chi connectivity index (χ2n) is 3.28. The van der Waals surface area contributed by atoms with Gasteiger partial charge < -0.3 is 0 Å². The summed E-state index contributed by atoms with van der Waals surface area (Å²) in [6, 6.07) is 0. The van der Waals surface area contributed by atoms with Crippen LogP contribution in [0.4, 0.5) is 4.39 Å². The highest BCUT2D eigenvalue weighted by Crippen LogP contribution is 2.23. The molecule has 0 nitrogen and oxygen atoms in total. The minimum Gasteiger partial charge on any atom is -0.240 e. The van der Waals surface area contributed by atoms with Crippen molar-refractivity contribution >= 4 is 0 Å². The topological polar surface area (TPSA) is 0 Å². The molecule has 1 unspecified atom stereocenters. The molecule has 0 heterocycles. The van der Waals surface area contributed by atoms with Gasteiger partial charge in [-0.15, -0.1) is 0 Å². The van der Waals surface area contributed by atoms with Gasteiger partial charge in [0.15, 0.2) is 0 Å². The van der Waals surface area contributed by atoms with E-state index in [0.29, 0.717) is 6.42 Å². The molecule has 1 aliphatic rings. The average molecular weight is 172 g/mol. The fourth-order valence-corrected chi connectivity index (χ4v) is 1.32. The summed E-state index contributed by atoms with van der Waals surface area (Å²) >= 11 is 0. The summed E-state index contributed by atoms with van der Waals surface area (Å²) in [7, 11) is 0. The van der Waals surface area contributed by atoms with Crippen molar-refractivity contribution in [1.29, 1.82) is 0 Å². The number of halogens is 1. The largest absolute Gasteiger partial charge is 0.240 e. The van der Waals surface area contributed by atoms with Crippen molar-refractivity contribution in [2.45, 2.75) is 58.5 Å². The zero-order valence-corrected chi connectivity index (χ0v) is 8.57. The van der Waals surface area contributed by atoms with Gasteiger partial charge in [-0.3, -0.25) is 0 Å². The Morgan fingerprint density at radius 3 is 2.50 bits per heavy atom. The molecule has 0 aromatic heterocycles. The summed E-state index contributed by atoms with van der Waals surface area (Å²) in [5.74, 6) is 0. The predicted octanol–water partition coefficient (Wildman–Crippen LogP) is 4.26. The van der Waals surface area contributed by atoms with E-state index in [2.05, 4.69) is 0 Å². The molecule has 1 heteroatoms. The van der Waals surface area contributed by atoms with Crippen LogP contribution in [0.5, 0.6) is 0 Å². The standard InChI is InChI=1S/C9H15F.C2H6/c1-9(10)7-5-3-2-4-6-8-9;1-2/h5,7H,2-4,6,8H2,1H3;1-2H3/b7-5-;. The van der Waals surface area contributed by atoms with Gasteiger partial charge in [-0.25, -0.2) is 4.39 Å². The molecular weight excluding hydrogens is 151 g/mol. The van der Waals surface area contributed by atoms with Crippen molar-refractivity contribution in [3.05, 3.63) is 12.2 Å². The minimum atomic E-state index is -1.03. The quantitative estimate of drug-likeness (QED) is 0.479. The van der Waals surface area contributed by atoms with Crippen LogP contribution in [0.15, 0.2) is 12.2 Å². The van der Waals surface area contributed by atoms with Crippen LogP contribution in [-0.4, -0.2) is 5.67 Å². The third kappa shape index (κ3) is 5.34. The lowest BCUT2D eigenvalue weighted by atomic mass is 9.96. The molecule has 72 valence electrons. The van der Waals surface area contributed by atoms with E-state index in [4.69, 9.17) is 0 Å². The first kappa shape index (κ1) is 11.7. The first-order valence-corrected chi connectivity index (χ1v) is 5.07. The highest BCUT2D eigenvalue weighted by atomic mass is 19.1. The summed E-state index contributed by atoms with van der Waals surface area (Å²) in [6.45, 7) is 5.66. The highest BCUT2D eigenvalue weighted by molar-refractivity contribution is 4.99. The highest BCUT2D eigenvalue weighted by Gasteiger charge is 2.18. The molecule has 0 bridgehead atoms. The van der Waals surface area contributed by atoms with E-state index in [1.807, 2.05) is 19.9 Å². The Balaban J connectivity index is 0.000000561. The number of rotatable bonds is 0. The van der Waals surface area contributed by atoms with Crippen molar-refractivity contribution in [2.75, 3.05) is 0 Å². The van der Waals surface area contributed by atoms with Crippen LogP contribution in [0.25, 0.3) is 0 Å². The van der Waals surface area contributed by atoms with Crippen LogP contribution in [0.3, 0.4) is 0 Å². The van der Waals surface area contributed by atoms with Crippen LogP contribution in [0.1, 0.15) is 52.9 Å². The van der Waals surface area contributed by atoms with Gasteiger partial charge in [0.2, 0.25) is 0 Å². The third-order valence-electron chi connectivity index (χ3n) is 2.00. The second kappa shape index (κ2) is 6.22. The lowest BCUT2D eigenvalue weighted by molar-refractivity contribution is 0.230. The molecular formula is C11H21F. The van der Waals surface area contributed by atoms with Crippen molar-refractivity contribution in [1.82, 2.24) is 0 Å². The van der Waals surface area contributed by atoms with Gasteiger partial charge in [-0.05, 0) is 32.6 Å². The Hall–Kier alpha value is -0.330. The van der Waals surface area contributed by atoms with E-state index in [1.54, 1.807) is 13.0 Å². The zero-order valence-electron chi connectivity index (χ0n) is 8.57. The summed E-state index contributed by atoms with van der Waals surface area (Å²) in [5, 5.41) is 0. The fraction of sp³-hybridized carbons (Fsp3) is 0.818. The monoisotopic (exact) mass is 172 g/mol. The van der Waals surface area contributed by atoms with Crippen LogP contribution in [0.2, 0.25) is 0 Å². The van der Waals surface area contributed by atoms with Crippen molar-refractivity contribution < 1.29 is 4.39 Å². The maximum absolute atomic E-state index is 13.2. The van der Waals surface area contributed by atoms with Crippen molar-refractivity contribution in [3.8, 4) is 0 Å². The smallest absolute Gasteiger partial charge is 0.126 e. The average Bonchev–Trinajstić information content (AvgIpc) is 2.03. The molecule has 0 aromatic carbocycles. The predicted molar refractivity (Wildman–Crippen MR) is 53.1 cm³/mol. The second-order valence-corrected chi connectivity index (χ2v) is 3.28. The van der Waals surface area contributed by atoms with Crippen LogP contribution in [-0.2, 0) is 0 Å². The van der Waals surface area contributed by atoms with Gasteiger partial charge >= 0.3 is 0 Å². The molecule has 0 aromatic rings. The van der Waals surface area contributed by atoms with Crippen molar-refractivity contribution in [3.63, 3.8) is 0 Å². The Bertz CT molecular complexity index is 125. The molecule has 0 aliphatic heterocycles. The molecule has 1 atom stereocenters. The number of alkyl halides is 1. The Morgan fingerprint density at radius 1 is 1.17 bits per heavy atom. The summed E-state index contributed by atoms with van der Waals surface area (Å²) in [4.78, 5) is 0. The Morgan fingerprint density at radius 2 is 1.83 bits per heavy atom. The minimum absolute atomic E-state index is 0.698. The van der Waals surface area contributed by atoms with Gasteiger partial charge in [0.1, 0.15) is 5.67 Å². The third-order valence-corrected chi connectivity index (χ3v) is 2.00. The van der Waals surface area contributed by atoms with E-state index in [0.717, 1.165) is 12.8 Å². The summed E-state index contributed by atoms with van der Waals surface area (Å²) in [5.41, 5.74) is -1.03. The first-order chi connectivity index (χ1) is 5.71. The summed E-state index contributed by atoms with van der Waals surface area (Å²) in [6.07, 6.45) is 8.89. The van der Waals surface area contributed by atoms with E-state index in [1.165, 1.54) is 12.8 Å². The number of hydrogen-bond donors (Lipinski definition) is 0. The molecule has 1 aliphatic carbocycles. The number of allylic oxidation sites excluding steroid dienone is 2. The van der Waals surface area contributed by atoms with E-state index >= 15 is 0 Å². The number of hydrogen-bond acceptors (Lipinski definition) is 0. The van der Waals surface area contributed by atoms with Crippen LogP contribution >= 0.6 is 0 Å². The molecule has 12 heavy (non-hydrogen) atoms. The summed E-state index contributed by atoms with van der Waals surface area (Å²) < 4.78 is 13.2. The van der Waals surface area contributed by atoms with Crippen LogP contribution < -0.4 is 0 Å². The lowest BCUT2D eigenvalue weighted by Gasteiger charge is -2.17. The molecule has 0 saturated heterocycles. The fourth-order valence-electron chi connectivity index (χ4n) is 1.32. The first-order valence-electron chi connectivity index (χ1n) is 5.07. The molecule has 0 spiro atoms. The normalized spacial score (nSPS) is 32.3. The van der Waals surface area contributed by atoms with Gasteiger partial charge in [0.05, 0.1) is 0 Å². The molecule has 0 amide bonds. The van der Waals surface area contributed by atoms with Gasteiger partial charge in [-0.1, -0.05) is 32.4 Å². The van der Waals surface area contributed by atoms with Gasteiger partial charge in [0, 0.05) is 0 Å². The molecule has 0 N–H and O–H groups in total.